The smallest absolute Gasteiger partial charge is 0.192 e. The molecule has 0 spiro atoms. The Morgan fingerprint density at radius 3 is 2.33 bits per heavy atom. The molecule has 1 fully saturated rings. The van der Waals surface area contributed by atoms with Gasteiger partial charge in [0.15, 0.2) is 28.3 Å². The summed E-state index contributed by atoms with van der Waals surface area (Å²) in [4.78, 5) is 12.8. The van der Waals surface area contributed by atoms with Gasteiger partial charge in [-0.2, -0.15) is 0 Å². The zero-order valence-corrected chi connectivity index (χ0v) is 20.1. The van der Waals surface area contributed by atoms with Gasteiger partial charge in [-0.1, -0.05) is 31.0 Å². The number of rotatable bonds is 9. The first-order valence-electron chi connectivity index (χ1n) is 11.1. The van der Waals surface area contributed by atoms with Crippen molar-refractivity contribution in [3.05, 3.63) is 48.0 Å². The first kappa shape index (κ1) is 23.2. The van der Waals surface area contributed by atoms with Crippen molar-refractivity contribution in [2.45, 2.75) is 43.3 Å². The maximum Gasteiger partial charge on any atom is 0.192 e. The van der Waals surface area contributed by atoms with Gasteiger partial charge in [0.25, 0.3) is 0 Å². The van der Waals surface area contributed by atoms with Gasteiger partial charge < -0.3 is 14.2 Å². The topological polar surface area (TPSA) is 75.5 Å². The maximum absolute atomic E-state index is 12.8. The number of ether oxygens (including phenoxy) is 3. The van der Waals surface area contributed by atoms with Crippen LogP contribution in [0.15, 0.2) is 47.6 Å². The Morgan fingerprint density at radius 1 is 0.939 bits per heavy atom. The van der Waals surface area contributed by atoms with E-state index in [2.05, 4.69) is 14.8 Å². The van der Waals surface area contributed by atoms with Crippen LogP contribution in [0, 0.1) is 0 Å². The van der Waals surface area contributed by atoms with Crippen LogP contribution in [0.25, 0.3) is 11.4 Å². The van der Waals surface area contributed by atoms with Gasteiger partial charge in [-0.05, 0) is 55.3 Å². The number of methoxy groups -OCH3 is 3. The first-order chi connectivity index (χ1) is 16.1. The molecule has 0 N–H and O–H groups in total. The molecule has 1 aliphatic carbocycles. The molecular formula is C25H29N3O4S. The average Bonchev–Trinajstić information content (AvgIpc) is 3.31. The summed E-state index contributed by atoms with van der Waals surface area (Å²) in [6.07, 6.45) is 5.78. The maximum atomic E-state index is 12.8. The lowest BCUT2D eigenvalue weighted by Gasteiger charge is -2.25. The molecule has 4 rings (SSSR count). The van der Waals surface area contributed by atoms with Gasteiger partial charge in [0.2, 0.25) is 0 Å². The lowest BCUT2D eigenvalue weighted by molar-refractivity contribution is 0.102. The van der Waals surface area contributed by atoms with Crippen LogP contribution in [-0.4, -0.2) is 47.6 Å². The number of hydrogen-bond donors (Lipinski definition) is 0. The summed E-state index contributed by atoms with van der Waals surface area (Å²) in [5.74, 6) is 3.19. The van der Waals surface area contributed by atoms with Crippen LogP contribution in [0.1, 0.15) is 48.5 Å². The standard InChI is InChI=1S/C25H29N3O4S/c1-30-20-12-9-17(10-13-20)21(29)16-33-25-27-26-24(28(25)19-7-5-4-6-8-19)18-11-14-22(31-2)23(15-18)32-3/h9-15,19H,4-8,16H2,1-3H3. The van der Waals surface area contributed by atoms with Crippen molar-refractivity contribution in [1.29, 1.82) is 0 Å². The van der Waals surface area contributed by atoms with Gasteiger partial charge in [0, 0.05) is 17.2 Å². The highest BCUT2D eigenvalue weighted by molar-refractivity contribution is 7.99. The second-order valence-corrected chi connectivity index (χ2v) is 8.92. The van der Waals surface area contributed by atoms with E-state index in [9.17, 15) is 4.79 Å². The summed E-state index contributed by atoms with van der Waals surface area (Å²) in [7, 11) is 4.86. The van der Waals surface area contributed by atoms with Crippen molar-refractivity contribution in [3.8, 4) is 28.6 Å². The molecule has 0 amide bonds. The Labute approximate surface area is 198 Å². The number of ketones is 1. The largest absolute Gasteiger partial charge is 0.497 e. The molecule has 0 atom stereocenters. The Kier molecular flexibility index (Phi) is 7.54. The summed E-state index contributed by atoms with van der Waals surface area (Å²) in [5.41, 5.74) is 1.58. The second-order valence-electron chi connectivity index (χ2n) is 7.98. The summed E-state index contributed by atoms with van der Waals surface area (Å²) in [6, 6.07) is 13.3. The number of carbonyl (C=O) groups excluding carboxylic acids is 1. The molecule has 0 aliphatic heterocycles. The Hall–Kier alpha value is -3.00. The molecule has 1 aliphatic rings. The van der Waals surface area contributed by atoms with Crippen molar-refractivity contribution in [2.24, 2.45) is 0 Å². The van der Waals surface area contributed by atoms with Crippen LogP contribution >= 0.6 is 11.8 Å². The second kappa shape index (κ2) is 10.7. The third-order valence-corrected chi connectivity index (χ3v) is 6.93. The molecule has 0 bridgehead atoms. The minimum absolute atomic E-state index is 0.0495. The molecule has 0 saturated heterocycles. The molecule has 7 nitrogen and oxygen atoms in total. The third-order valence-electron chi connectivity index (χ3n) is 5.99. The van der Waals surface area contributed by atoms with Gasteiger partial charge in [-0.15, -0.1) is 10.2 Å². The van der Waals surface area contributed by atoms with Crippen molar-refractivity contribution < 1.29 is 19.0 Å². The van der Waals surface area contributed by atoms with Crippen molar-refractivity contribution >= 4 is 17.5 Å². The summed E-state index contributed by atoms with van der Waals surface area (Å²) in [5, 5.41) is 9.80. The number of benzene rings is 2. The zero-order valence-electron chi connectivity index (χ0n) is 19.2. The SMILES string of the molecule is COc1ccc(C(=O)CSc2nnc(-c3ccc(OC)c(OC)c3)n2C2CCCCC2)cc1. The van der Waals surface area contributed by atoms with Crippen LogP contribution < -0.4 is 14.2 Å². The minimum atomic E-state index is 0.0495. The van der Waals surface area contributed by atoms with E-state index in [1.165, 1.54) is 31.0 Å². The van der Waals surface area contributed by atoms with Crippen LogP contribution in [0.2, 0.25) is 0 Å². The zero-order chi connectivity index (χ0) is 23.2. The first-order valence-corrected chi connectivity index (χ1v) is 12.1. The van der Waals surface area contributed by atoms with Gasteiger partial charge in [0.1, 0.15) is 5.75 Å². The van der Waals surface area contributed by atoms with E-state index >= 15 is 0 Å². The summed E-state index contributed by atoms with van der Waals surface area (Å²) >= 11 is 1.44. The fourth-order valence-corrected chi connectivity index (χ4v) is 5.11. The van der Waals surface area contributed by atoms with Crippen LogP contribution in [0.4, 0.5) is 0 Å². The fraction of sp³-hybridized carbons (Fsp3) is 0.400. The number of Topliss-reactive ketones (excluding diaryl/α,β-unsaturated/α-hetero) is 1. The van der Waals surface area contributed by atoms with E-state index in [4.69, 9.17) is 14.2 Å². The molecule has 0 radical (unpaired) electrons. The molecule has 2 aromatic carbocycles. The molecule has 33 heavy (non-hydrogen) atoms. The van der Waals surface area contributed by atoms with Crippen LogP contribution in [0.5, 0.6) is 17.2 Å². The molecule has 1 heterocycles. The highest BCUT2D eigenvalue weighted by atomic mass is 32.2. The van der Waals surface area contributed by atoms with E-state index in [1.54, 1.807) is 45.6 Å². The highest BCUT2D eigenvalue weighted by Crippen LogP contribution is 2.38. The molecule has 1 aromatic heterocycles. The Morgan fingerprint density at radius 2 is 1.67 bits per heavy atom. The normalized spacial score (nSPS) is 14.2. The number of aromatic nitrogens is 3. The minimum Gasteiger partial charge on any atom is -0.497 e. The molecule has 174 valence electrons. The van der Waals surface area contributed by atoms with Crippen LogP contribution in [0.3, 0.4) is 0 Å². The lowest BCUT2D eigenvalue weighted by Crippen LogP contribution is -2.15. The Bertz CT molecular complexity index is 1090. The lowest BCUT2D eigenvalue weighted by atomic mass is 9.95. The van der Waals surface area contributed by atoms with Gasteiger partial charge >= 0.3 is 0 Å². The molecule has 8 heteroatoms. The van der Waals surface area contributed by atoms with E-state index in [1.807, 2.05) is 18.2 Å². The molecule has 1 saturated carbocycles. The van der Waals surface area contributed by atoms with Crippen molar-refractivity contribution in [2.75, 3.05) is 27.1 Å². The quantitative estimate of drug-likeness (QED) is 0.306. The van der Waals surface area contributed by atoms with E-state index in [0.717, 1.165) is 35.1 Å². The number of hydrogen-bond acceptors (Lipinski definition) is 7. The van der Waals surface area contributed by atoms with E-state index in [-0.39, 0.29) is 5.78 Å². The monoisotopic (exact) mass is 467 g/mol. The third kappa shape index (κ3) is 5.16. The van der Waals surface area contributed by atoms with E-state index in [0.29, 0.717) is 28.9 Å². The Balaban J connectivity index is 1.61. The fourth-order valence-electron chi connectivity index (χ4n) is 4.21. The van der Waals surface area contributed by atoms with Gasteiger partial charge in [0.05, 0.1) is 27.1 Å². The number of carbonyl (C=O) groups is 1. The van der Waals surface area contributed by atoms with Gasteiger partial charge in [-0.3, -0.25) is 9.36 Å². The number of nitrogens with zero attached hydrogens (tertiary/aromatic N) is 3. The van der Waals surface area contributed by atoms with Crippen molar-refractivity contribution in [1.82, 2.24) is 14.8 Å². The molecular weight excluding hydrogens is 438 g/mol. The summed E-state index contributed by atoms with van der Waals surface area (Å²) in [6.45, 7) is 0. The predicted octanol–water partition coefficient (Wildman–Crippen LogP) is 5.45. The molecule has 3 aromatic rings. The van der Waals surface area contributed by atoms with Crippen LogP contribution in [-0.2, 0) is 0 Å². The summed E-state index contributed by atoms with van der Waals surface area (Å²) < 4.78 is 18.3. The highest BCUT2D eigenvalue weighted by Gasteiger charge is 2.25. The predicted molar refractivity (Wildman–Crippen MR) is 129 cm³/mol. The number of thioether (sulfide) groups is 1. The van der Waals surface area contributed by atoms with Crippen molar-refractivity contribution in [3.63, 3.8) is 0 Å². The molecule has 0 unspecified atom stereocenters. The van der Waals surface area contributed by atoms with Gasteiger partial charge in [-0.25, -0.2) is 0 Å². The van der Waals surface area contributed by atoms with E-state index < -0.39 is 0 Å². The average molecular weight is 468 g/mol.